The van der Waals surface area contributed by atoms with E-state index in [9.17, 15) is 14.4 Å². The van der Waals surface area contributed by atoms with Gasteiger partial charge in [0.2, 0.25) is 11.8 Å². The third-order valence-corrected chi connectivity index (χ3v) is 6.95. The molecule has 0 aliphatic carbocycles. The van der Waals surface area contributed by atoms with Gasteiger partial charge in [0.25, 0.3) is 5.91 Å². The van der Waals surface area contributed by atoms with Gasteiger partial charge < -0.3 is 14.7 Å². The van der Waals surface area contributed by atoms with Crippen LogP contribution in [0.25, 0.3) is 0 Å². The minimum absolute atomic E-state index is 0.0242. The van der Waals surface area contributed by atoms with Gasteiger partial charge in [0.05, 0.1) is 11.4 Å². The van der Waals surface area contributed by atoms with Crippen LogP contribution in [0.15, 0.2) is 47.4 Å². The number of nitrogens with zero attached hydrogens (tertiary/aromatic N) is 3. The van der Waals surface area contributed by atoms with Crippen molar-refractivity contribution in [3.05, 3.63) is 53.6 Å². The van der Waals surface area contributed by atoms with Crippen molar-refractivity contribution in [1.82, 2.24) is 4.90 Å². The van der Waals surface area contributed by atoms with Crippen molar-refractivity contribution in [3.63, 3.8) is 0 Å². The predicted octanol–water partition coefficient (Wildman–Crippen LogP) is 3.59. The van der Waals surface area contributed by atoms with Gasteiger partial charge in [0.15, 0.2) is 0 Å². The van der Waals surface area contributed by atoms with Gasteiger partial charge in [0.1, 0.15) is 6.54 Å². The Morgan fingerprint density at radius 2 is 1.84 bits per heavy atom. The molecule has 0 atom stereocenters. The SMILES string of the molecule is CCN(CC)C(=O)c1ccc2c(c1)N(CC(=O)N1CCCc3ccccc31)C(=O)CS2. The van der Waals surface area contributed by atoms with Crippen LogP contribution in [0.1, 0.15) is 36.2 Å². The number of anilines is 2. The highest BCUT2D eigenvalue weighted by atomic mass is 32.2. The van der Waals surface area contributed by atoms with E-state index < -0.39 is 0 Å². The fraction of sp³-hybridized carbons (Fsp3) is 0.375. The minimum atomic E-state index is -0.108. The number of hydrogen-bond acceptors (Lipinski definition) is 4. The van der Waals surface area contributed by atoms with Gasteiger partial charge in [-0.25, -0.2) is 0 Å². The number of carbonyl (C=O) groups is 3. The molecule has 6 nitrogen and oxygen atoms in total. The summed E-state index contributed by atoms with van der Waals surface area (Å²) in [5.41, 5.74) is 3.29. The quantitative estimate of drug-likeness (QED) is 0.717. The number of para-hydroxylation sites is 1. The molecular formula is C24H27N3O3S. The maximum Gasteiger partial charge on any atom is 0.253 e. The molecule has 2 aliphatic heterocycles. The molecule has 31 heavy (non-hydrogen) atoms. The predicted molar refractivity (Wildman–Crippen MR) is 124 cm³/mol. The van der Waals surface area contributed by atoms with Gasteiger partial charge in [-0.15, -0.1) is 11.8 Å². The number of fused-ring (bicyclic) bond motifs is 2. The fourth-order valence-corrected chi connectivity index (χ4v) is 5.13. The van der Waals surface area contributed by atoms with Gasteiger partial charge >= 0.3 is 0 Å². The Morgan fingerprint density at radius 3 is 2.61 bits per heavy atom. The fourth-order valence-electron chi connectivity index (χ4n) is 4.22. The topological polar surface area (TPSA) is 60.9 Å². The summed E-state index contributed by atoms with van der Waals surface area (Å²) >= 11 is 1.45. The molecule has 3 amide bonds. The lowest BCUT2D eigenvalue weighted by atomic mass is 10.0. The first-order chi connectivity index (χ1) is 15.0. The Balaban J connectivity index is 1.62. The molecular weight excluding hydrogens is 410 g/mol. The summed E-state index contributed by atoms with van der Waals surface area (Å²) in [6.07, 6.45) is 1.87. The van der Waals surface area contributed by atoms with E-state index in [1.54, 1.807) is 20.8 Å². The first-order valence-corrected chi connectivity index (χ1v) is 11.8. The Bertz CT molecular complexity index is 1020. The average Bonchev–Trinajstić information content (AvgIpc) is 2.80. The largest absolute Gasteiger partial charge is 0.339 e. The third kappa shape index (κ3) is 4.19. The molecule has 0 aromatic heterocycles. The zero-order chi connectivity index (χ0) is 22.0. The molecule has 4 rings (SSSR count). The van der Waals surface area contributed by atoms with E-state index in [0.717, 1.165) is 29.0 Å². The molecule has 0 radical (unpaired) electrons. The molecule has 0 N–H and O–H groups in total. The highest BCUT2D eigenvalue weighted by Crippen LogP contribution is 2.36. The van der Waals surface area contributed by atoms with Crippen molar-refractivity contribution < 1.29 is 14.4 Å². The number of benzene rings is 2. The Morgan fingerprint density at radius 1 is 1.06 bits per heavy atom. The zero-order valence-electron chi connectivity index (χ0n) is 18.0. The van der Waals surface area contributed by atoms with Gasteiger partial charge in [-0.05, 0) is 56.5 Å². The number of carbonyl (C=O) groups excluding carboxylic acids is 3. The van der Waals surface area contributed by atoms with Gasteiger partial charge in [-0.2, -0.15) is 0 Å². The molecule has 2 aromatic rings. The van der Waals surface area contributed by atoms with E-state index in [1.807, 2.05) is 44.2 Å². The molecule has 2 heterocycles. The van der Waals surface area contributed by atoms with Crippen LogP contribution in [0, 0.1) is 0 Å². The van der Waals surface area contributed by atoms with Gasteiger partial charge in [-0.1, -0.05) is 18.2 Å². The molecule has 7 heteroatoms. The van der Waals surface area contributed by atoms with Crippen molar-refractivity contribution in [1.29, 1.82) is 0 Å². The second-order valence-corrected chi connectivity index (χ2v) is 8.72. The van der Waals surface area contributed by atoms with E-state index >= 15 is 0 Å². The van der Waals surface area contributed by atoms with Crippen molar-refractivity contribution in [2.75, 3.05) is 41.7 Å². The van der Waals surface area contributed by atoms with Crippen LogP contribution >= 0.6 is 11.8 Å². The third-order valence-electron chi connectivity index (χ3n) is 5.90. The smallest absolute Gasteiger partial charge is 0.253 e. The molecule has 0 saturated heterocycles. The van der Waals surface area contributed by atoms with Crippen molar-refractivity contribution in [2.45, 2.75) is 31.6 Å². The standard InChI is InChI=1S/C24H27N3O3S/c1-3-25(4-2)24(30)18-11-12-21-20(14-18)27(23(29)16-31-21)15-22(28)26-13-7-9-17-8-5-6-10-19(17)26/h5-6,8,10-12,14H,3-4,7,9,13,15-16H2,1-2H3. The first kappa shape index (κ1) is 21.4. The Kier molecular flexibility index (Phi) is 6.32. The zero-order valence-corrected chi connectivity index (χ0v) is 18.8. The van der Waals surface area contributed by atoms with Gasteiger partial charge in [0, 0.05) is 35.8 Å². The molecule has 0 unspecified atom stereocenters. The maximum absolute atomic E-state index is 13.3. The summed E-state index contributed by atoms with van der Waals surface area (Å²) < 4.78 is 0. The lowest BCUT2D eigenvalue weighted by Gasteiger charge is -2.34. The van der Waals surface area contributed by atoms with E-state index in [0.29, 0.717) is 36.6 Å². The van der Waals surface area contributed by atoms with E-state index in [-0.39, 0.29) is 24.3 Å². The van der Waals surface area contributed by atoms with Crippen molar-refractivity contribution in [3.8, 4) is 0 Å². The monoisotopic (exact) mass is 437 g/mol. The molecule has 0 bridgehead atoms. The summed E-state index contributed by atoms with van der Waals surface area (Å²) in [5.74, 6) is 0.0229. The number of aryl methyl sites for hydroxylation is 1. The highest BCUT2D eigenvalue weighted by Gasteiger charge is 2.31. The molecule has 0 fully saturated rings. The van der Waals surface area contributed by atoms with Crippen molar-refractivity contribution >= 4 is 40.9 Å². The summed E-state index contributed by atoms with van der Waals surface area (Å²) in [5, 5.41) is 0. The highest BCUT2D eigenvalue weighted by molar-refractivity contribution is 8.00. The number of hydrogen-bond donors (Lipinski definition) is 0. The van der Waals surface area contributed by atoms with E-state index in [1.165, 1.54) is 11.8 Å². The summed E-state index contributed by atoms with van der Waals surface area (Å²) in [6, 6.07) is 13.4. The summed E-state index contributed by atoms with van der Waals surface area (Å²) in [6.45, 7) is 5.76. The lowest BCUT2D eigenvalue weighted by molar-refractivity contribution is -0.121. The lowest BCUT2D eigenvalue weighted by Crippen LogP contribution is -2.46. The molecule has 162 valence electrons. The minimum Gasteiger partial charge on any atom is -0.339 e. The van der Waals surface area contributed by atoms with Crippen LogP contribution in [-0.2, 0) is 16.0 Å². The van der Waals surface area contributed by atoms with Crippen LogP contribution < -0.4 is 9.80 Å². The van der Waals surface area contributed by atoms with Crippen LogP contribution in [-0.4, -0.2) is 54.6 Å². The molecule has 0 saturated carbocycles. The summed E-state index contributed by atoms with van der Waals surface area (Å²) in [4.78, 5) is 44.9. The maximum atomic E-state index is 13.3. The second-order valence-electron chi connectivity index (χ2n) is 7.71. The summed E-state index contributed by atoms with van der Waals surface area (Å²) in [7, 11) is 0. The Hall–Kier alpha value is -2.80. The first-order valence-electron chi connectivity index (χ1n) is 10.8. The number of thioether (sulfide) groups is 1. The van der Waals surface area contributed by atoms with E-state index in [2.05, 4.69) is 6.07 Å². The van der Waals surface area contributed by atoms with E-state index in [4.69, 9.17) is 0 Å². The molecule has 2 aliphatic rings. The molecule has 2 aromatic carbocycles. The van der Waals surface area contributed by atoms with Gasteiger partial charge in [-0.3, -0.25) is 14.4 Å². The number of rotatable bonds is 5. The van der Waals surface area contributed by atoms with Crippen LogP contribution in [0.4, 0.5) is 11.4 Å². The van der Waals surface area contributed by atoms with Crippen LogP contribution in [0.3, 0.4) is 0 Å². The normalized spacial score (nSPS) is 15.4. The van der Waals surface area contributed by atoms with Crippen LogP contribution in [0.5, 0.6) is 0 Å². The average molecular weight is 438 g/mol. The second kappa shape index (κ2) is 9.14. The molecule has 0 spiro atoms. The number of amides is 3. The Labute approximate surface area is 187 Å². The van der Waals surface area contributed by atoms with Crippen LogP contribution in [0.2, 0.25) is 0 Å². The van der Waals surface area contributed by atoms with Crippen molar-refractivity contribution in [2.24, 2.45) is 0 Å².